The molecule has 0 radical (unpaired) electrons. The first-order valence-electron chi connectivity index (χ1n) is 13.1. The molecular formula is C30H46N4O5. The number of rotatable bonds is 9. The number of nitrogens with one attached hydrogen (secondary N) is 4. The largest absolute Gasteiger partial charge is 0.445 e. The first-order valence-corrected chi connectivity index (χ1v) is 13.1. The molecule has 2 rings (SSSR count). The Morgan fingerprint density at radius 1 is 0.692 bits per heavy atom. The Morgan fingerprint density at radius 3 is 1.49 bits per heavy atom. The van der Waals surface area contributed by atoms with E-state index in [0.717, 1.165) is 11.1 Å². The highest BCUT2D eigenvalue weighted by atomic mass is 16.6. The van der Waals surface area contributed by atoms with Gasteiger partial charge < -0.3 is 30.7 Å². The van der Waals surface area contributed by atoms with Gasteiger partial charge in [-0.15, -0.1) is 0 Å². The standard InChI is InChI=1S/C15H22N2O3.C15H24N2O2/c1-15(2,3)12(13(18)16-4)17-14(19)20-10-11-8-6-5-7-9-11;1-15(2,3)13(10-16-4)17-14(18)19-11-12-8-6-5-7-9-12/h5-9,12H,10H2,1-4H3,(H,16,18)(H,17,19);5-9,13,16H,10-11H2,1-4H3,(H,17,18)/t12-;13-/m11/s1. The highest BCUT2D eigenvalue weighted by Gasteiger charge is 2.32. The lowest BCUT2D eigenvalue weighted by molar-refractivity contribution is -0.125. The van der Waals surface area contributed by atoms with Gasteiger partial charge in [-0.1, -0.05) is 102 Å². The topological polar surface area (TPSA) is 118 Å². The molecular weight excluding hydrogens is 496 g/mol. The number of amides is 3. The summed E-state index contributed by atoms with van der Waals surface area (Å²) in [6, 6.07) is 18.4. The fourth-order valence-electron chi connectivity index (χ4n) is 3.39. The Hall–Kier alpha value is -3.59. The zero-order valence-corrected chi connectivity index (χ0v) is 24.6. The Kier molecular flexibility index (Phi) is 14.1. The van der Waals surface area contributed by atoms with Gasteiger partial charge in [-0.2, -0.15) is 0 Å². The third-order valence-corrected chi connectivity index (χ3v) is 5.81. The van der Waals surface area contributed by atoms with Crippen LogP contribution in [0, 0.1) is 10.8 Å². The Labute approximate surface area is 233 Å². The van der Waals surface area contributed by atoms with Crippen LogP contribution in [0.4, 0.5) is 9.59 Å². The molecule has 0 saturated carbocycles. The van der Waals surface area contributed by atoms with Crippen molar-refractivity contribution in [2.24, 2.45) is 10.8 Å². The molecule has 2 atom stereocenters. The summed E-state index contributed by atoms with van der Waals surface area (Å²) in [6.07, 6.45) is -0.976. The lowest BCUT2D eigenvalue weighted by Crippen LogP contribution is -2.52. The molecule has 0 heterocycles. The van der Waals surface area contributed by atoms with Gasteiger partial charge in [0.15, 0.2) is 0 Å². The summed E-state index contributed by atoms with van der Waals surface area (Å²) >= 11 is 0. The zero-order valence-electron chi connectivity index (χ0n) is 24.6. The summed E-state index contributed by atoms with van der Waals surface area (Å²) in [6.45, 7) is 13.1. The molecule has 0 unspecified atom stereocenters. The van der Waals surface area contributed by atoms with Crippen molar-refractivity contribution in [3.8, 4) is 0 Å². The van der Waals surface area contributed by atoms with Crippen LogP contribution in [-0.2, 0) is 27.5 Å². The fraction of sp³-hybridized carbons (Fsp3) is 0.500. The third-order valence-electron chi connectivity index (χ3n) is 5.81. The van der Waals surface area contributed by atoms with E-state index in [1.54, 1.807) is 0 Å². The van der Waals surface area contributed by atoms with Gasteiger partial charge in [0, 0.05) is 19.6 Å². The number of ether oxygens (including phenoxy) is 2. The summed E-state index contributed by atoms with van der Waals surface area (Å²) in [5.74, 6) is -0.242. The summed E-state index contributed by atoms with van der Waals surface area (Å²) in [7, 11) is 3.41. The number of carbonyl (C=O) groups excluding carboxylic acids is 3. The number of hydrogen-bond acceptors (Lipinski definition) is 6. The minimum atomic E-state index is -0.643. The lowest BCUT2D eigenvalue weighted by atomic mass is 9.86. The van der Waals surface area contributed by atoms with E-state index in [9.17, 15) is 14.4 Å². The lowest BCUT2D eigenvalue weighted by Gasteiger charge is -2.30. The van der Waals surface area contributed by atoms with E-state index in [-0.39, 0.29) is 30.1 Å². The predicted molar refractivity (Wildman–Crippen MR) is 154 cm³/mol. The first-order chi connectivity index (χ1) is 18.3. The number of benzene rings is 2. The second-order valence-electron chi connectivity index (χ2n) is 11.3. The molecule has 0 saturated heterocycles. The van der Waals surface area contributed by atoms with Crippen LogP contribution < -0.4 is 21.3 Å². The monoisotopic (exact) mass is 542 g/mol. The second kappa shape index (κ2) is 16.4. The minimum Gasteiger partial charge on any atom is -0.445 e. The number of likely N-dealkylation sites (N-methyl/N-ethyl adjacent to an activating group) is 2. The van der Waals surface area contributed by atoms with Crippen LogP contribution >= 0.6 is 0 Å². The molecule has 0 bridgehead atoms. The molecule has 0 aliphatic rings. The van der Waals surface area contributed by atoms with Crippen LogP contribution in [0.1, 0.15) is 52.7 Å². The maximum Gasteiger partial charge on any atom is 0.408 e. The summed E-state index contributed by atoms with van der Waals surface area (Å²) < 4.78 is 10.3. The van der Waals surface area contributed by atoms with Gasteiger partial charge >= 0.3 is 12.2 Å². The van der Waals surface area contributed by atoms with Gasteiger partial charge in [0.05, 0.1) is 0 Å². The van der Waals surface area contributed by atoms with E-state index in [1.165, 1.54) is 7.05 Å². The van der Waals surface area contributed by atoms with Gasteiger partial charge in [-0.05, 0) is 29.0 Å². The molecule has 39 heavy (non-hydrogen) atoms. The van der Waals surface area contributed by atoms with Crippen molar-refractivity contribution in [1.29, 1.82) is 0 Å². The van der Waals surface area contributed by atoms with Gasteiger partial charge in [0.25, 0.3) is 0 Å². The Morgan fingerprint density at radius 2 is 1.13 bits per heavy atom. The molecule has 3 amide bonds. The van der Waals surface area contributed by atoms with Gasteiger partial charge in [-0.3, -0.25) is 4.79 Å². The molecule has 0 aromatic heterocycles. The van der Waals surface area contributed by atoms with Crippen molar-refractivity contribution < 1.29 is 23.9 Å². The van der Waals surface area contributed by atoms with E-state index in [1.807, 2.05) is 88.5 Å². The van der Waals surface area contributed by atoms with Gasteiger partial charge in [0.1, 0.15) is 19.3 Å². The van der Waals surface area contributed by atoms with Gasteiger partial charge in [0.2, 0.25) is 5.91 Å². The highest BCUT2D eigenvalue weighted by Crippen LogP contribution is 2.20. The van der Waals surface area contributed by atoms with Crippen molar-refractivity contribution in [3.05, 3.63) is 71.8 Å². The van der Waals surface area contributed by atoms with E-state index in [2.05, 4.69) is 42.0 Å². The number of hydrogen-bond donors (Lipinski definition) is 4. The molecule has 0 aliphatic heterocycles. The maximum absolute atomic E-state index is 11.8. The molecule has 2 aromatic rings. The smallest absolute Gasteiger partial charge is 0.408 e. The third kappa shape index (κ3) is 13.7. The molecule has 9 nitrogen and oxygen atoms in total. The summed E-state index contributed by atoms with van der Waals surface area (Å²) in [5.41, 5.74) is 1.47. The van der Waals surface area contributed by atoms with Gasteiger partial charge in [-0.25, -0.2) is 9.59 Å². The van der Waals surface area contributed by atoms with Crippen molar-refractivity contribution in [1.82, 2.24) is 21.3 Å². The van der Waals surface area contributed by atoms with Crippen molar-refractivity contribution in [2.45, 2.75) is 66.8 Å². The van der Waals surface area contributed by atoms with Crippen LogP contribution in [0.3, 0.4) is 0 Å². The molecule has 216 valence electrons. The fourth-order valence-corrected chi connectivity index (χ4v) is 3.39. The molecule has 9 heteroatoms. The van der Waals surface area contributed by atoms with E-state index in [0.29, 0.717) is 13.2 Å². The Bertz CT molecular complexity index is 1000. The predicted octanol–water partition coefficient (Wildman–Crippen LogP) is 4.62. The second-order valence-corrected chi connectivity index (χ2v) is 11.3. The quantitative estimate of drug-likeness (QED) is 0.367. The summed E-state index contributed by atoms with van der Waals surface area (Å²) in [4.78, 5) is 35.4. The van der Waals surface area contributed by atoms with Crippen LogP contribution in [0.25, 0.3) is 0 Å². The average molecular weight is 543 g/mol. The minimum absolute atomic E-state index is 0.0191. The van der Waals surface area contributed by atoms with E-state index in [4.69, 9.17) is 9.47 Å². The molecule has 4 N–H and O–H groups in total. The molecule has 0 spiro atoms. The average Bonchev–Trinajstić information content (AvgIpc) is 2.89. The summed E-state index contributed by atoms with van der Waals surface area (Å²) in [5, 5.41) is 11.1. The first kappa shape index (κ1) is 33.4. The molecule has 0 aliphatic carbocycles. The molecule has 2 aromatic carbocycles. The van der Waals surface area contributed by atoms with Crippen molar-refractivity contribution in [2.75, 3.05) is 20.6 Å². The number of carbonyl (C=O) groups is 3. The van der Waals surface area contributed by atoms with E-state index < -0.39 is 17.6 Å². The SMILES string of the molecule is CNC(=O)[C@@H](NC(=O)OCc1ccccc1)C(C)(C)C.CNC[C@@H](NC(=O)OCc1ccccc1)C(C)(C)C. The van der Waals surface area contributed by atoms with Crippen LogP contribution in [0.15, 0.2) is 60.7 Å². The van der Waals surface area contributed by atoms with Crippen LogP contribution in [0.2, 0.25) is 0 Å². The zero-order chi connectivity index (χ0) is 29.5. The van der Waals surface area contributed by atoms with Crippen molar-refractivity contribution >= 4 is 18.1 Å². The van der Waals surface area contributed by atoms with Crippen molar-refractivity contribution in [3.63, 3.8) is 0 Å². The molecule has 0 fully saturated rings. The normalized spacial score (nSPS) is 12.6. The maximum atomic E-state index is 11.8. The number of alkyl carbamates (subject to hydrolysis) is 2. The highest BCUT2D eigenvalue weighted by molar-refractivity contribution is 5.86. The van der Waals surface area contributed by atoms with Crippen LogP contribution in [-0.4, -0.2) is 50.8 Å². The van der Waals surface area contributed by atoms with E-state index >= 15 is 0 Å². The van der Waals surface area contributed by atoms with Crippen LogP contribution in [0.5, 0.6) is 0 Å². The Balaban J connectivity index is 0.000000391.